The van der Waals surface area contributed by atoms with E-state index in [1.807, 2.05) is 6.92 Å². The molecule has 1 aromatic carbocycles. The van der Waals surface area contributed by atoms with Crippen LogP contribution in [0.2, 0.25) is 0 Å². The predicted octanol–water partition coefficient (Wildman–Crippen LogP) is 2.99. The van der Waals surface area contributed by atoms with E-state index in [2.05, 4.69) is 25.8 Å². The van der Waals surface area contributed by atoms with Gasteiger partial charge in [0.25, 0.3) is 0 Å². The van der Waals surface area contributed by atoms with Crippen LogP contribution in [0.1, 0.15) is 18.2 Å². The van der Waals surface area contributed by atoms with Crippen LogP contribution < -0.4 is 15.4 Å². The normalized spacial score (nSPS) is 10.7. The molecule has 3 N–H and O–H groups in total. The molecule has 2 aromatic heterocycles. The van der Waals surface area contributed by atoms with Gasteiger partial charge in [0, 0.05) is 12.6 Å². The number of carbonyl (C=O) groups excluding carboxylic acids is 1. The quantitative estimate of drug-likeness (QED) is 0.664. The second-order valence-electron chi connectivity index (χ2n) is 5.40. The number of rotatable bonds is 5. The summed E-state index contributed by atoms with van der Waals surface area (Å²) in [6.07, 6.45) is 0.660. The Balaban J connectivity index is 1.72. The molecule has 0 atom stereocenters. The molecule has 8 heteroatoms. The molecule has 0 spiro atoms. The smallest absolute Gasteiger partial charge is 0.320 e. The monoisotopic (exact) mass is 343 g/mol. The van der Waals surface area contributed by atoms with Crippen LogP contribution in [-0.2, 0) is 13.0 Å². The fourth-order valence-electron chi connectivity index (χ4n) is 2.55. The average Bonchev–Trinajstić information content (AvgIpc) is 3.02. The summed E-state index contributed by atoms with van der Waals surface area (Å²) in [5.41, 5.74) is 2.17. The summed E-state index contributed by atoms with van der Waals surface area (Å²) in [7, 11) is 1.54. The molecular formula is C17H18FN5O2. The Morgan fingerprint density at radius 2 is 2.20 bits per heavy atom. The van der Waals surface area contributed by atoms with Gasteiger partial charge in [-0.15, -0.1) is 5.10 Å². The number of ether oxygens (including phenoxy) is 1. The van der Waals surface area contributed by atoms with E-state index in [9.17, 15) is 9.18 Å². The Bertz CT molecular complexity index is 909. The van der Waals surface area contributed by atoms with Crippen molar-refractivity contribution in [3.8, 4) is 5.88 Å². The van der Waals surface area contributed by atoms with Crippen molar-refractivity contribution < 1.29 is 13.9 Å². The fraction of sp³-hybridized carbons (Fsp3) is 0.235. The number of anilines is 1. The minimum atomic E-state index is -0.426. The lowest BCUT2D eigenvalue weighted by molar-refractivity contribution is 0.251. The molecule has 130 valence electrons. The fourth-order valence-corrected chi connectivity index (χ4v) is 2.55. The van der Waals surface area contributed by atoms with Gasteiger partial charge in [0.05, 0.1) is 23.7 Å². The summed E-state index contributed by atoms with van der Waals surface area (Å²) in [6.45, 7) is 2.17. The largest absolute Gasteiger partial charge is 0.479 e. The number of pyridine rings is 1. The number of H-pyrrole nitrogens is 1. The minimum absolute atomic E-state index is 0.213. The molecule has 0 bridgehead atoms. The van der Waals surface area contributed by atoms with Crippen molar-refractivity contribution in [2.75, 3.05) is 12.4 Å². The van der Waals surface area contributed by atoms with Gasteiger partial charge >= 0.3 is 6.03 Å². The molecule has 0 saturated carbocycles. The van der Waals surface area contributed by atoms with Gasteiger partial charge < -0.3 is 10.1 Å². The maximum Gasteiger partial charge on any atom is 0.320 e. The van der Waals surface area contributed by atoms with Crippen LogP contribution in [0, 0.1) is 5.82 Å². The number of carbonyl (C=O) groups is 1. The van der Waals surface area contributed by atoms with Gasteiger partial charge in [-0.3, -0.25) is 10.4 Å². The van der Waals surface area contributed by atoms with E-state index in [0.29, 0.717) is 23.7 Å². The first kappa shape index (κ1) is 16.7. The van der Waals surface area contributed by atoms with E-state index in [4.69, 9.17) is 4.74 Å². The molecule has 0 fully saturated rings. The number of methoxy groups -OCH3 is 1. The van der Waals surface area contributed by atoms with Gasteiger partial charge in [-0.25, -0.2) is 14.2 Å². The highest BCUT2D eigenvalue weighted by atomic mass is 19.1. The number of hydrogen-bond donors (Lipinski definition) is 3. The second-order valence-corrected chi connectivity index (χ2v) is 5.40. The molecule has 7 nitrogen and oxygen atoms in total. The third kappa shape index (κ3) is 3.68. The number of aromatic nitrogens is 3. The second kappa shape index (κ2) is 7.16. The molecule has 0 aliphatic rings. The summed E-state index contributed by atoms with van der Waals surface area (Å²) >= 11 is 0. The zero-order valence-electron chi connectivity index (χ0n) is 13.9. The van der Waals surface area contributed by atoms with Crippen LogP contribution >= 0.6 is 0 Å². The van der Waals surface area contributed by atoms with Gasteiger partial charge in [0.1, 0.15) is 11.6 Å². The number of fused-ring (bicyclic) bond motifs is 1. The first-order valence-corrected chi connectivity index (χ1v) is 7.82. The molecular weight excluding hydrogens is 325 g/mol. The molecule has 0 aliphatic heterocycles. The van der Waals surface area contributed by atoms with Crippen molar-refractivity contribution in [3.05, 3.63) is 47.4 Å². The lowest BCUT2D eigenvalue weighted by Gasteiger charge is -2.09. The number of halogens is 1. The number of nitrogens with zero attached hydrogens (tertiary/aromatic N) is 2. The Kier molecular flexibility index (Phi) is 4.78. The summed E-state index contributed by atoms with van der Waals surface area (Å²) in [5.74, 6) is 0.529. The van der Waals surface area contributed by atoms with Gasteiger partial charge in [0.2, 0.25) is 5.88 Å². The van der Waals surface area contributed by atoms with Crippen LogP contribution in [0.3, 0.4) is 0 Å². The summed E-state index contributed by atoms with van der Waals surface area (Å²) in [4.78, 5) is 16.5. The first-order valence-electron chi connectivity index (χ1n) is 7.82. The Morgan fingerprint density at radius 3 is 2.92 bits per heavy atom. The lowest BCUT2D eigenvalue weighted by atomic mass is 10.2. The van der Waals surface area contributed by atoms with Crippen molar-refractivity contribution >= 4 is 22.8 Å². The maximum atomic E-state index is 13.1. The maximum absolute atomic E-state index is 13.1. The Labute approximate surface area is 143 Å². The zero-order valence-corrected chi connectivity index (χ0v) is 13.9. The van der Waals surface area contributed by atoms with E-state index in [-0.39, 0.29) is 12.4 Å². The van der Waals surface area contributed by atoms with Gasteiger partial charge in [-0.2, -0.15) is 0 Å². The number of amides is 2. The zero-order chi connectivity index (χ0) is 17.8. The number of aromatic amines is 1. The van der Waals surface area contributed by atoms with E-state index < -0.39 is 6.03 Å². The number of benzene rings is 1. The van der Waals surface area contributed by atoms with E-state index in [1.54, 1.807) is 25.3 Å². The number of nitrogens with one attached hydrogen (secondary N) is 3. The molecule has 0 aliphatic carbocycles. The molecule has 3 rings (SSSR count). The topological polar surface area (TPSA) is 91.9 Å². The highest BCUT2D eigenvalue weighted by Crippen LogP contribution is 2.27. The van der Waals surface area contributed by atoms with Crippen LogP contribution in [0.5, 0.6) is 5.88 Å². The van der Waals surface area contributed by atoms with Crippen LogP contribution in [0.4, 0.5) is 15.0 Å². The van der Waals surface area contributed by atoms with Crippen molar-refractivity contribution in [1.29, 1.82) is 0 Å². The molecule has 2 heterocycles. The van der Waals surface area contributed by atoms with E-state index >= 15 is 0 Å². The standard InChI is InChI=1S/C17H18FN5O2/c1-3-12-15-13(22-23-16(15)25-2)8-14(20-12)21-17(24)19-9-10-5-4-6-11(18)7-10/h4-8H,3,9H2,1-2H3,(H,22,23)(H2,19,20,21,24). The van der Waals surface area contributed by atoms with Crippen molar-refractivity contribution in [1.82, 2.24) is 20.5 Å². The molecule has 25 heavy (non-hydrogen) atoms. The van der Waals surface area contributed by atoms with Crippen molar-refractivity contribution in [2.45, 2.75) is 19.9 Å². The predicted molar refractivity (Wildman–Crippen MR) is 92.1 cm³/mol. The summed E-state index contributed by atoms with van der Waals surface area (Å²) < 4.78 is 18.4. The van der Waals surface area contributed by atoms with Crippen LogP contribution in [0.25, 0.3) is 10.9 Å². The Morgan fingerprint density at radius 1 is 1.36 bits per heavy atom. The first-order chi connectivity index (χ1) is 12.1. The lowest BCUT2D eigenvalue weighted by Crippen LogP contribution is -2.28. The minimum Gasteiger partial charge on any atom is -0.479 e. The van der Waals surface area contributed by atoms with Crippen LogP contribution in [-0.4, -0.2) is 28.3 Å². The third-order valence-electron chi connectivity index (χ3n) is 3.70. The highest BCUT2D eigenvalue weighted by Gasteiger charge is 2.14. The molecule has 2 amide bonds. The molecule has 0 unspecified atom stereocenters. The molecule has 3 aromatic rings. The third-order valence-corrected chi connectivity index (χ3v) is 3.70. The van der Waals surface area contributed by atoms with Crippen molar-refractivity contribution in [2.24, 2.45) is 0 Å². The van der Waals surface area contributed by atoms with Crippen molar-refractivity contribution in [3.63, 3.8) is 0 Å². The highest BCUT2D eigenvalue weighted by molar-refractivity contribution is 5.93. The van der Waals surface area contributed by atoms with Gasteiger partial charge in [-0.1, -0.05) is 19.1 Å². The van der Waals surface area contributed by atoms with E-state index in [1.165, 1.54) is 12.1 Å². The van der Waals surface area contributed by atoms with E-state index in [0.717, 1.165) is 16.6 Å². The SMILES string of the molecule is CCc1nc(NC(=O)NCc2cccc(F)c2)cc2[nH]nc(OC)c12. The molecule has 0 radical (unpaired) electrons. The van der Waals surface area contributed by atoms with Crippen LogP contribution in [0.15, 0.2) is 30.3 Å². The summed E-state index contributed by atoms with van der Waals surface area (Å²) in [5, 5.41) is 13.1. The van der Waals surface area contributed by atoms with Gasteiger partial charge in [0.15, 0.2) is 0 Å². The molecule has 0 saturated heterocycles. The Hall–Kier alpha value is -3.16. The number of urea groups is 1. The van der Waals surface area contributed by atoms with Gasteiger partial charge in [-0.05, 0) is 24.1 Å². The number of aryl methyl sites for hydroxylation is 1. The summed E-state index contributed by atoms with van der Waals surface area (Å²) in [6, 6.07) is 7.32. The number of hydrogen-bond acceptors (Lipinski definition) is 4. The average molecular weight is 343 g/mol.